The summed E-state index contributed by atoms with van der Waals surface area (Å²) in [6, 6.07) is 8.25. The van der Waals surface area contributed by atoms with Gasteiger partial charge in [0.15, 0.2) is 0 Å². The number of likely N-dealkylation sites (tertiary alicyclic amines) is 1. The average molecular weight is 388 g/mol. The second-order valence-electron chi connectivity index (χ2n) is 9.51. The third kappa shape index (κ3) is 6.05. The maximum absolute atomic E-state index is 12.2. The fraction of sp³-hybridized carbons (Fsp3) is 0.696. The zero-order valence-electron chi connectivity index (χ0n) is 17.8. The second kappa shape index (κ2) is 9.06. The first-order valence-electron chi connectivity index (χ1n) is 10.9. The fourth-order valence-electron chi connectivity index (χ4n) is 4.37. The van der Waals surface area contributed by atoms with E-state index in [1.165, 1.54) is 31.4 Å². The van der Waals surface area contributed by atoms with Crippen LogP contribution in [0.15, 0.2) is 24.3 Å². The highest BCUT2D eigenvalue weighted by molar-refractivity contribution is 5.68. The van der Waals surface area contributed by atoms with E-state index in [1.54, 1.807) is 0 Å². The highest BCUT2D eigenvalue weighted by Crippen LogP contribution is 2.30. The maximum Gasteiger partial charge on any atom is 0.410 e. The van der Waals surface area contributed by atoms with Gasteiger partial charge in [-0.3, -0.25) is 0 Å². The van der Waals surface area contributed by atoms with Crippen molar-refractivity contribution >= 4 is 17.5 Å². The third-order valence-corrected chi connectivity index (χ3v) is 6.12. The number of hydrogen-bond acceptors (Lipinski definition) is 4. The Morgan fingerprint density at radius 1 is 0.964 bits per heavy atom. The van der Waals surface area contributed by atoms with E-state index >= 15 is 0 Å². The molecule has 3 rings (SSSR count). The lowest BCUT2D eigenvalue weighted by Gasteiger charge is -2.36. The first-order valence-corrected chi connectivity index (χ1v) is 10.9. The van der Waals surface area contributed by atoms with Crippen LogP contribution in [-0.4, -0.2) is 42.8 Å². The van der Waals surface area contributed by atoms with Gasteiger partial charge in [-0.1, -0.05) is 12.8 Å². The number of rotatable bonds is 4. The number of nitrogens with zero attached hydrogens (tertiary/aromatic N) is 2. The van der Waals surface area contributed by atoms with Gasteiger partial charge in [0, 0.05) is 37.6 Å². The molecule has 1 aromatic carbocycles. The van der Waals surface area contributed by atoms with Gasteiger partial charge in [0.05, 0.1) is 0 Å². The van der Waals surface area contributed by atoms with Crippen molar-refractivity contribution in [1.29, 1.82) is 0 Å². The van der Waals surface area contributed by atoms with E-state index in [0.29, 0.717) is 0 Å². The summed E-state index contributed by atoms with van der Waals surface area (Å²) in [5.41, 5.74) is 7.51. The molecule has 2 aliphatic rings. The Bertz CT molecular complexity index is 622. The monoisotopic (exact) mass is 387 g/mol. The van der Waals surface area contributed by atoms with Gasteiger partial charge in [0.2, 0.25) is 0 Å². The Kier molecular flexibility index (Phi) is 6.73. The molecule has 2 N–H and O–H groups in total. The molecular formula is C23H37N3O2. The van der Waals surface area contributed by atoms with Crippen LogP contribution in [0.3, 0.4) is 0 Å². The van der Waals surface area contributed by atoms with Crippen molar-refractivity contribution < 1.29 is 9.53 Å². The molecule has 2 saturated heterocycles. The molecule has 2 aliphatic heterocycles. The van der Waals surface area contributed by atoms with Crippen LogP contribution < -0.4 is 10.6 Å². The van der Waals surface area contributed by atoms with Gasteiger partial charge in [-0.15, -0.1) is 0 Å². The fourth-order valence-corrected chi connectivity index (χ4v) is 4.37. The molecule has 2 fully saturated rings. The summed E-state index contributed by atoms with van der Waals surface area (Å²) in [6.07, 6.45) is 7.26. The summed E-state index contributed by atoms with van der Waals surface area (Å²) in [5.74, 6) is 1.60. The molecule has 0 saturated carbocycles. The van der Waals surface area contributed by atoms with Crippen LogP contribution in [0.25, 0.3) is 0 Å². The molecule has 0 radical (unpaired) electrons. The number of carbonyl (C=O) groups excluding carboxylic acids is 1. The number of nitrogens with two attached hydrogens (primary N) is 1. The number of hydrogen-bond donors (Lipinski definition) is 1. The van der Waals surface area contributed by atoms with E-state index in [0.717, 1.165) is 56.5 Å². The van der Waals surface area contributed by atoms with Crippen molar-refractivity contribution in [2.45, 2.75) is 64.9 Å². The van der Waals surface area contributed by atoms with Gasteiger partial charge in [0.1, 0.15) is 5.60 Å². The van der Waals surface area contributed by atoms with E-state index in [2.05, 4.69) is 17.0 Å². The van der Waals surface area contributed by atoms with Crippen molar-refractivity contribution in [1.82, 2.24) is 4.90 Å². The third-order valence-electron chi connectivity index (χ3n) is 6.12. The molecule has 5 heteroatoms. The summed E-state index contributed by atoms with van der Waals surface area (Å²) in [5, 5.41) is 0. The molecule has 2 heterocycles. The number of ether oxygens (including phenoxy) is 1. The number of nitrogen functional groups attached to an aromatic ring is 1. The van der Waals surface area contributed by atoms with Gasteiger partial charge >= 0.3 is 6.09 Å². The number of amides is 1. The van der Waals surface area contributed by atoms with Gasteiger partial charge in [-0.2, -0.15) is 0 Å². The molecule has 0 atom stereocenters. The van der Waals surface area contributed by atoms with Crippen molar-refractivity contribution in [2.24, 2.45) is 11.8 Å². The minimum absolute atomic E-state index is 0.152. The van der Waals surface area contributed by atoms with Crippen molar-refractivity contribution in [2.75, 3.05) is 36.8 Å². The topological polar surface area (TPSA) is 58.8 Å². The average Bonchev–Trinajstić information content (AvgIpc) is 2.66. The molecule has 5 nitrogen and oxygen atoms in total. The van der Waals surface area contributed by atoms with E-state index in [9.17, 15) is 4.79 Å². The van der Waals surface area contributed by atoms with Crippen LogP contribution >= 0.6 is 0 Å². The van der Waals surface area contributed by atoms with E-state index < -0.39 is 5.60 Å². The standard InChI is InChI=1S/C23H37N3O2/c1-23(2,3)28-22(27)26-16-12-19(13-17-26)5-4-18-10-14-25(15-11-18)21-8-6-20(24)7-9-21/h6-9,18-19H,4-5,10-17,24H2,1-3H3. The summed E-state index contributed by atoms with van der Waals surface area (Å²) in [7, 11) is 0. The molecular weight excluding hydrogens is 350 g/mol. The van der Waals surface area contributed by atoms with E-state index in [4.69, 9.17) is 10.5 Å². The second-order valence-corrected chi connectivity index (χ2v) is 9.51. The van der Waals surface area contributed by atoms with Gasteiger partial charge < -0.3 is 20.3 Å². The molecule has 0 spiro atoms. The van der Waals surface area contributed by atoms with E-state index in [1.807, 2.05) is 37.8 Å². The van der Waals surface area contributed by atoms with Crippen molar-refractivity contribution in [3.05, 3.63) is 24.3 Å². The summed E-state index contributed by atoms with van der Waals surface area (Å²) in [4.78, 5) is 16.5. The molecule has 0 bridgehead atoms. The number of benzene rings is 1. The SMILES string of the molecule is CC(C)(C)OC(=O)N1CCC(CCC2CCN(c3ccc(N)cc3)CC2)CC1. The van der Waals surface area contributed by atoms with Crippen LogP contribution in [-0.2, 0) is 4.74 Å². The smallest absolute Gasteiger partial charge is 0.410 e. The number of piperidine rings is 2. The number of carbonyl (C=O) groups is 1. The van der Waals surface area contributed by atoms with Gasteiger partial charge in [-0.25, -0.2) is 4.79 Å². The normalized spacial score (nSPS) is 19.7. The summed E-state index contributed by atoms with van der Waals surface area (Å²) < 4.78 is 5.50. The minimum atomic E-state index is -0.408. The molecule has 28 heavy (non-hydrogen) atoms. The molecule has 156 valence electrons. The summed E-state index contributed by atoms with van der Waals surface area (Å²) in [6.45, 7) is 9.75. The Hall–Kier alpha value is -1.91. The van der Waals surface area contributed by atoms with Crippen molar-refractivity contribution in [3.63, 3.8) is 0 Å². The first kappa shape index (κ1) is 20.8. The number of anilines is 2. The molecule has 0 aliphatic carbocycles. The Morgan fingerprint density at radius 2 is 1.46 bits per heavy atom. The van der Waals surface area contributed by atoms with Crippen LogP contribution in [0, 0.1) is 11.8 Å². The van der Waals surface area contributed by atoms with Gasteiger partial charge in [-0.05, 0) is 82.6 Å². The molecule has 1 aromatic rings. The molecule has 0 aromatic heterocycles. The highest BCUT2D eigenvalue weighted by atomic mass is 16.6. The van der Waals surface area contributed by atoms with Crippen LogP contribution in [0.1, 0.15) is 59.3 Å². The molecule has 0 unspecified atom stereocenters. The van der Waals surface area contributed by atoms with Crippen LogP contribution in [0.2, 0.25) is 0 Å². The Balaban J connectivity index is 1.34. The predicted octanol–water partition coefficient (Wildman–Crippen LogP) is 4.91. The largest absolute Gasteiger partial charge is 0.444 e. The lowest BCUT2D eigenvalue weighted by atomic mass is 9.85. The van der Waals surface area contributed by atoms with Crippen LogP contribution in [0.5, 0.6) is 0 Å². The predicted molar refractivity (Wildman–Crippen MR) is 116 cm³/mol. The quantitative estimate of drug-likeness (QED) is 0.746. The van der Waals surface area contributed by atoms with Crippen LogP contribution in [0.4, 0.5) is 16.2 Å². The van der Waals surface area contributed by atoms with E-state index in [-0.39, 0.29) is 6.09 Å². The minimum Gasteiger partial charge on any atom is -0.444 e. The molecule has 1 amide bonds. The lowest BCUT2D eigenvalue weighted by Crippen LogP contribution is -2.41. The Labute approximate surface area is 170 Å². The maximum atomic E-state index is 12.2. The zero-order valence-corrected chi connectivity index (χ0v) is 17.8. The zero-order chi connectivity index (χ0) is 20.1. The highest BCUT2D eigenvalue weighted by Gasteiger charge is 2.27. The summed E-state index contributed by atoms with van der Waals surface area (Å²) >= 11 is 0. The van der Waals surface area contributed by atoms with Crippen molar-refractivity contribution in [3.8, 4) is 0 Å². The first-order chi connectivity index (χ1) is 13.3. The lowest BCUT2D eigenvalue weighted by molar-refractivity contribution is 0.0178. The Morgan fingerprint density at radius 3 is 1.96 bits per heavy atom. The van der Waals surface area contributed by atoms with Gasteiger partial charge in [0.25, 0.3) is 0 Å².